The Morgan fingerprint density at radius 2 is 1.86 bits per heavy atom. The maximum Gasteiger partial charge on any atom is 0.138 e. The van der Waals surface area contributed by atoms with Crippen molar-refractivity contribution >= 4 is 33.1 Å². The fourth-order valence-corrected chi connectivity index (χ4v) is 3.46. The molecule has 114 valence electrons. The lowest BCUT2D eigenvalue weighted by Gasteiger charge is -2.08. The number of rotatable bonds is 7. The first-order valence-electron chi connectivity index (χ1n) is 7.63. The highest BCUT2D eigenvalue weighted by Crippen LogP contribution is 2.28. The van der Waals surface area contributed by atoms with Crippen LogP contribution < -0.4 is 10.6 Å². The van der Waals surface area contributed by atoms with Crippen LogP contribution in [0.3, 0.4) is 0 Å². The van der Waals surface area contributed by atoms with E-state index in [4.69, 9.17) is 0 Å². The molecule has 4 nitrogen and oxygen atoms in total. The van der Waals surface area contributed by atoms with Crippen LogP contribution in [0.2, 0.25) is 0 Å². The Labute approximate surface area is 134 Å². The van der Waals surface area contributed by atoms with Crippen molar-refractivity contribution in [3.05, 3.63) is 47.6 Å². The molecule has 0 aliphatic carbocycles. The van der Waals surface area contributed by atoms with Gasteiger partial charge in [-0.1, -0.05) is 31.5 Å². The number of anilines is 2. The van der Waals surface area contributed by atoms with E-state index >= 15 is 0 Å². The molecule has 0 saturated carbocycles. The lowest BCUT2D eigenvalue weighted by atomic mass is 10.2. The molecule has 2 aromatic heterocycles. The zero-order valence-corrected chi connectivity index (χ0v) is 13.5. The van der Waals surface area contributed by atoms with Crippen molar-refractivity contribution in [3.63, 3.8) is 0 Å². The maximum atomic E-state index is 4.38. The number of nitrogens with one attached hydrogen (secondary N) is 2. The standard InChI is InChI=1S/C17H20N4S/c1-2-6-14-11-15-16(20-12-21-17(15)22-14)19-10-9-18-13-7-4-3-5-8-13/h3-5,7-8,11-12,18H,2,6,9-10H2,1H3,(H,19,20,21). The summed E-state index contributed by atoms with van der Waals surface area (Å²) in [4.78, 5) is 11.2. The van der Waals surface area contributed by atoms with Crippen LogP contribution in [0.25, 0.3) is 10.2 Å². The number of thiophene rings is 1. The molecular weight excluding hydrogens is 292 g/mol. The van der Waals surface area contributed by atoms with Gasteiger partial charge in [0.1, 0.15) is 17.0 Å². The SMILES string of the molecule is CCCc1cc2c(NCCNc3ccccc3)ncnc2s1. The predicted molar refractivity (Wildman–Crippen MR) is 94.8 cm³/mol. The highest BCUT2D eigenvalue weighted by molar-refractivity contribution is 7.18. The summed E-state index contributed by atoms with van der Waals surface area (Å²) in [5.74, 6) is 0.929. The summed E-state index contributed by atoms with van der Waals surface area (Å²) in [6.07, 6.45) is 3.90. The average Bonchev–Trinajstić information content (AvgIpc) is 2.96. The van der Waals surface area contributed by atoms with E-state index in [-0.39, 0.29) is 0 Å². The lowest BCUT2D eigenvalue weighted by Crippen LogP contribution is -2.14. The van der Waals surface area contributed by atoms with Crippen LogP contribution in [0.15, 0.2) is 42.7 Å². The molecule has 3 aromatic rings. The van der Waals surface area contributed by atoms with Crippen molar-refractivity contribution in [3.8, 4) is 0 Å². The number of fused-ring (bicyclic) bond motifs is 1. The minimum atomic E-state index is 0.819. The molecular formula is C17H20N4S. The van der Waals surface area contributed by atoms with Crippen LogP contribution >= 0.6 is 11.3 Å². The number of hydrogen-bond donors (Lipinski definition) is 2. The number of hydrogen-bond acceptors (Lipinski definition) is 5. The summed E-state index contributed by atoms with van der Waals surface area (Å²) in [6, 6.07) is 12.4. The summed E-state index contributed by atoms with van der Waals surface area (Å²) in [5.41, 5.74) is 1.14. The number of para-hydroxylation sites is 1. The third kappa shape index (κ3) is 3.54. The van der Waals surface area contributed by atoms with E-state index in [1.54, 1.807) is 17.7 Å². The summed E-state index contributed by atoms with van der Waals surface area (Å²) in [5, 5.41) is 7.93. The van der Waals surface area contributed by atoms with Crippen molar-refractivity contribution < 1.29 is 0 Å². The van der Waals surface area contributed by atoms with Crippen molar-refractivity contribution in [2.75, 3.05) is 23.7 Å². The molecule has 0 atom stereocenters. The molecule has 0 unspecified atom stereocenters. The Morgan fingerprint density at radius 3 is 2.68 bits per heavy atom. The summed E-state index contributed by atoms with van der Waals surface area (Å²) < 4.78 is 0. The second-order valence-corrected chi connectivity index (χ2v) is 6.24. The molecule has 0 aliphatic heterocycles. The second kappa shape index (κ2) is 7.22. The van der Waals surface area contributed by atoms with Crippen molar-refractivity contribution in [1.29, 1.82) is 0 Å². The van der Waals surface area contributed by atoms with E-state index in [1.807, 2.05) is 18.2 Å². The molecule has 0 amide bonds. The van der Waals surface area contributed by atoms with Gasteiger partial charge in [0.05, 0.1) is 5.39 Å². The van der Waals surface area contributed by atoms with Crippen LogP contribution in [0.5, 0.6) is 0 Å². The number of benzene rings is 1. The number of aryl methyl sites for hydroxylation is 1. The molecule has 0 aliphatic rings. The normalized spacial score (nSPS) is 10.8. The van der Waals surface area contributed by atoms with E-state index in [0.29, 0.717) is 0 Å². The zero-order valence-electron chi connectivity index (χ0n) is 12.7. The highest BCUT2D eigenvalue weighted by Gasteiger charge is 2.07. The Morgan fingerprint density at radius 1 is 1.05 bits per heavy atom. The average molecular weight is 312 g/mol. The molecule has 22 heavy (non-hydrogen) atoms. The van der Waals surface area contributed by atoms with E-state index in [1.165, 1.54) is 4.88 Å². The smallest absolute Gasteiger partial charge is 0.138 e. The van der Waals surface area contributed by atoms with Gasteiger partial charge in [0.2, 0.25) is 0 Å². The molecule has 5 heteroatoms. The van der Waals surface area contributed by atoms with Gasteiger partial charge in [-0.05, 0) is 24.6 Å². The summed E-state index contributed by atoms with van der Waals surface area (Å²) >= 11 is 1.77. The van der Waals surface area contributed by atoms with Crippen LogP contribution in [0.1, 0.15) is 18.2 Å². The monoisotopic (exact) mass is 312 g/mol. The van der Waals surface area contributed by atoms with Gasteiger partial charge in [-0.25, -0.2) is 9.97 Å². The Kier molecular flexibility index (Phi) is 4.85. The molecule has 0 saturated heterocycles. The largest absolute Gasteiger partial charge is 0.383 e. The predicted octanol–water partition coefficient (Wildman–Crippen LogP) is 4.17. The second-order valence-electron chi connectivity index (χ2n) is 5.12. The molecule has 0 bridgehead atoms. The maximum absolute atomic E-state index is 4.38. The summed E-state index contributed by atoms with van der Waals surface area (Å²) in [7, 11) is 0. The molecule has 2 heterocycles. The van der Waals surface area contributed by atoms with E-state index < -0.39 is 0 Å². The Hall–Kier alpha value is -2.14. The van der Waals surface area contributed by atoms with E-state index in [9.17, 15) is 0 Å². The van der Waals surface area contributed by atoms with Crippen molar-refractivity contribution in [2.45, 2.75) is 19.8 Å². The first kappa shape index (κ1) is 14.8. The van der Waals surface area contributed by atoms with Gasteiger partial charge in [0.25, 0.3) is 0 Å². The quantitative estimate of drug-likeness (QED) is 0.643. The molecule has 0 spiro atoms. The molecule has 0 fully saturated rings. The number of aromatic nitrogens is 2. The van der Waals surface area contributed by atoms with Gasteiger partial charge in [-0.3, -0.25) is 0 Å². The van der Waals surface area contributed by atoms with Gasteiger partial charge < -0.3 is 10.6 Å². The van der Waals surface area contributed by atoms with Gasteiger partial charge >= 0.3 is 0 Å². The molecule has 1 aromatic carbocycles. The molecule has 0 radical (unpaired) electrons. The van der Waals surface area contributed by atoms with Gasteiger partial charge in [0, 0.05) is 23.7 Å². The number of nitrogens with zero attached hydrogens (tertiary/aromatic N) is 2. The van der Waals surface area contributed by atoms with Gasteiger partial charge in [-0.15, -0.1) is 11.3 Å². The summed E-state index contributed by atoms with van der Waals surface area (Å²) in [6.45, 7) is 3.87. The minimum Gasteiger partial charge on any atom is -0.383 e. The van der Waals surface area contributed by atoms with Crippen LogP contribution in [0.4, 0.5) is 11.5 Å². The minimum absolute atomic E-state index is 0.819. The van der Waals surface area contributed by atoms with E-state index in [0.717, 1.165) is 47.7 Å². The van der Waals surface area contributed by atoms with Crippen LogP contribution in [-0.2, 0) is 6.42 Å². The van der Waals surface area contributed by atoms with Crippen LogP contribution in [-0.4, -0.2) is 23.1 Å². The fourth-order valence-electron chi connectivity index (χ4n) is 2.36. The highest BCUT2D eigenvalue weighted by atomic mass is 32.1. The van der Waals surface area contributed by atoms with Crippen molar-refractivity contribution in [1.82, 2.24) is 9.97 Å². The third-order valence-corrected chi connectivity index (χ3v) is 4.50. The lowest BCUT2D eigenvalue weighted by molar-refractivity contribution is 0.940. The molecule has 2 N–H and O–H groups in total. The Bertz CT molecular complexity index is 724. The first-order chi connectivity index (χ1) is 10.9. The van der Waals surface area contributed by atoms with E-state index in [2.05, 4.69) is 45.7 Å². The zero-order chi connectivity index (χ0) is 15.2. The Balaban J connectivity index is 1.61. The first-order valence-corrected chi connectivity index (χ1v) is 8.44. The van der Waals surface area contributed by atoms with Crippen LogP contribution in [0, 0.1) is 0 Å². The van der Waals surface area contributed by atoms with Gasteiger partial charge in [0.15, 0.2) is 0 Å². The molecule has 3 rings (SSSR count). The fraction of sp³-hybridized carbons (Fsp3) is 0.294. The van der Waals surface area contributed by atoms with Gasteiger partial charge in [-0.2, -0.15) is 0 Å². The van der Waals surface area contributed by atoms with Crippen molar-refractivity contribution in [2.24, 2.45) is 0 Å². The topological polar surface area (TPSA) is 49.8 Å². The third-order valence-electron chi connectivity index (χ3n) is 3.40.